The summed E-state index contributed by atoms with van der Waals surface area (Å²) in [6, 6.07) is 11.9. The van der Waals surface area contributed by atoms with Crippen LogP contribution in [0.15, 0.2) is 47.1 Å². The van der Waals surface area contributed by atoms with Gasteiger partial charge in [-0.1, -0.05) is 32.9 Å². The number of nitrogens with one attached hydrogen (secondary N) is 1. The fourth-order valence-electron chi connectivity index (χ4n) is 2.22. The Labute approximate surface area is 131 Å². The summed E-state index contributed by atoms with van der Waals surface area (Å²) < 4.78 is 5.33. The van der Waals surface area contributed by atoms with Crippen LogP contribution >= 0.6 is 0 Å². The van der Waals surface area contributed by atoms with E-state index in [1.807, 2.05) is 36.5 Å². The summed E-state index contributed by atoms with van der Waals surface area (Å²) in [5.41, 5.74) is 2.20. The van der Waals surface area contributed by atoms with Crippen molar-refractivity contribution >= 4 is 11.6 Å². The van der Waals surface area contributed by atoms with Gasteiger partial charge in [-0.3, -0.25) is 4.79 Å². The lowest BCUT2D eigenvalue weighted by Gasteiger charge is -2.19. The van der Waals surface area contributed by atoms with E-state index in [4.69, 9.17) is 4.42 Å². The number of hydrogen-bond acceptors (Lipinski definition) is 2. The number of benzene rings is 1. The number of carbonyl (C=O) groups is 1. The number of amides is 1. The van der Waals surface area contributed by atoms with Gasteiger partial charge in [-0.15, -0.1) is 0 Å². The number of quaternary nitrogens is 1. The largest absolute Gasteiger partial charge is 0.463 e. The van der Waals surface area contributed by atoms with Crippen LogP contribution in [0, 0.1) is 0 Å². The van der Waals surface area contributed by atoms with E-state index >= 15 is 0 Å². The van der Waals surface area contributed by atoms with Crippen molar-refractivity contribution in [3.8, 4) is 0 Å². The van der Waals surface area contributed by atoms with Crippen molar-refractivity contribution in [1.29, 1.82) is 0 Å². The molecule has 1 heterocycles. The highest BCUT2D eigenvalue weighted by atomic mass is 16.3. The molecule has 1 amide bonds. The zero-order valence-electron chi connectivity index (χ0n) is 13.7. The van der Waals surface area contributed by atoms with Crippen LogP contribution in [0.4, 0.5) is 5.69 Å². The van der Waals surface area contributed by atoms with Crippen molar-refractivity contribution in [2.24, 2.45) is 0 Å². The summed E-state index contributed by atoms with van der Waals surface area (Å²) in [5, 5.41) is 4.88. The van der Waals surface area contributed by atoms with Crippen LogP contribution in [0.2, 0.25) is 0 Å². The predicted octanol–water partition coefficient (Wildman–Crippen LogP) is 2.84. The molecule has 4 heteroatoms. The highest BCUT2D eigenvalue weighted by molar-refractivity contribution is 5.91. The minimum absolute atomic E-state index is 0.0121. The second kappa shape index (κ2) is 6.79. The molecular formula is C18H25N2O2+. The molecule has 1 atom stereocenters. The molecular weight excluding hydrogens is 276 g/mol. The molecule has 0 radical (unpaired) electrons. The summed E-state index contributed by atoms with van der Waals surface area (Å²) in [7, 11) is 0. The molecule has 2 aromatic rings. The Balaban J connectivity index is 1.84. The number of rotatable bonds is 5. The third-order valence-electron chi connectivity index (χ3n) is 3.68. The molecule has 0 fully saturated rings. The van der Waals surface area contributed by atoms with Gasteiger partial charge in [-0.2, -0.15) is 0 Å². The number of furan rings is 1. The van der Waals surface area contributed by atoms with Crippen LogP contribution < -0.4 is 10.6 Å². The van der Waals surface area contributed by atoms with Gasteiger partial charge in [0.2, 0.25) is 0 Å². The Morgan fingerprint density at radius 1 is 1.23 bits per heavy atom. The minimum atomic E-state index is -0.0121. The molecule has 1 aromatic heterocycles. The molecule has 1 aromatic carbocycles. The van der Waals surface area contributed by atoms with Crippen molar-refractivity contribution in [1.82, 2.24) is 0 Å². The molecule has 0 spiro atoms. The van der Waals surface area contributed by atoms with Crippen LogP contribution in [0.25, 0.3) is 0 Å². The lowest BCUT2D eigenvalue weighted by atomic mass is 9.87. The second-order valence-corrected chi connectivity index (χ2v) is 6.62. The average Bonchev–Trinajstić information content (AvgIpc) is 2.98. The average molecular weight is 301 g/mol. The van der Waals surface area contributed by atoms with E-state index in [1.54, 1.807) is 6.26 Å². The van der Waals surface area contributed by atoms with Crippen LogP contribution in [0.1, 0.15) is 45.1 Å². The van der Waals surface area contributed by atoms with E-state index in [9.17, 15) is 4.79 Å². The summed E-state index contributed by atoms with van der Waals surface area (Å²) >= 11 is 0. The minimum Gasteiger partial charge on any atom is -0.463 e. The molecule has 22 heavy (non-hydrogen) atoms. The van der Waals surface area contributed by atoms with Gasteiger partial charge in [-0.05, 0) is 42.2 Å². The Morgan fingerprint density at radius 2 is 1.91 bits per heavy atom. The molecule has 0 saturated heterocycles. The lowest BCUT2D eigenvalue weighted by Crippen LogP contribution is -2.86. The first-order valence-corrected chi connectivity index (χ1v) is 7.63. The Kier molecular flexibility index (Phi) is 5.03. The van der Waals surface area contributed by atoms with Crippen molar-refractivity contribution in [2.45, 2.75) is 39.2 Å². The molecule has 118 valence electrons. The van der Waals surface area contributed by atoms with Gasteiger partial charge >= 0.3 is 0 Å². The number of nitrogens with two attached hydrogens (primary N) is 1. The number of anilines is 1. The van der Waals surface area contributed by atoms with Gasteiger partial charge in [0.1, 0.15) is 6.04 Å². The molecule has 0 aliphatic heterocycles. The fraction of sp³-hybridized carbons (Fsp3) is 0.389. The van der Waals surface area contributed by atoms with Crippen LogP contribution in [0.3, 0.4) is 0 Å². The summed E-state index contributed by atoms with van der Waals surface area (Å²) in [6.07, 6.45) is 1.65. The number of hydrogen-bond donors (Lipinski definition) is 2. The van der Waals surface area contributed by atoms with Crippen molar-refractivity contribution < 1.29 is 14.5 Å². The van der Waals surface area contributed by atoms with Crippen molar-refractivity contribution in [3.63, 3.8) is 0 Å². The topological polar surface area (TPSA) is 58.9 Å². The van der Waals surface area contributed by atoms with Crippen LogP contribution in [0.5, 0.6) is 0 Å². The highest BCUT2D eigenvalue weighted by Crippen LogP contribution is 2.23. The maximum absolute atomic E-state index is 12.0. The first kappa shape index (κ1) is 16.3. The molecule has 0 aliphatic carbocycles. The molecule has 0 saturated carbocycles. The van der Waals surface area contributed by atoms with E-state index in [1.165, 1.54) is 5.56 Å². The van der Waals surface area contributed by atoms with Gasteiger partial charge < -0.3 is 15.1 Å². The molecule has 0 aliphatic rings. The lowest BCUT2D eigenvalue weighted by molar-refractivity contribution is -0.684. The number of carbonyl (C=O) groups excluding carboxylic acids is 1. The van der Waals surface area contributed by atoms with Crippen LogP contribution in [-0.4, -0.2) is 12.5 Å². The maximum atomic E-state index is 12.0. The van der Waals surface area contributed by atoms with Crippen LogP contribution in [-0.2, 0) is 10.2 Å². The fourth-order valence-corrected chi connectivity index (χ4v) is 2.22. The monoisotopic (exact) mass is 301 g/mol. The summed E-state index contributed by atoms with van der Waals surface area (Å²) in [5.74, 6) is 0.865. The smallest absolute Gasteiger partial charge is 0.279 e. The molecule has 4 nitrogen and oxygen atoms in total. The quantitative estimate of drug-likeness (QED) is 0.892. The second-order valence-electron chi connectivity index (χ2n) is 6.62. The normalized spacial score (nSPS) is 12.9. The van der Waals surface area contributed by atoms with E-state index in [2.05, 4.69) is 38.2 Å². The van der Waals surface area contributed by atoms with Crippen molar-refractivity contribution in [3.05, 3.63) is 54.0 Å². The van der Waals surface area contributed by atoms with Gasteiger partial charge in [0.05, 0.1) is 6.26 Å². The Bertz CT molecular complexity index is 595. The van der Waals surface area contributed by atoms with Gasteiger partial charge in [0.25, 0.3) is 5.91 Å². The van der Waals surface area contributed by atoms with Crippen molar-refractivity contribution in [2.75, 3.05) is 11.9 Å². The van der Waals surface area contributed by atoms with E-state index in [0.29, 0.717) is 6.54 Å². The van der Waals surface area contributed by atoms with E-state index in [-0.39, 0.29) is 17.4 Å². The summed E-state index contributed by atoms with van der Waals surface area (Å²) in [4.78, 5) is 12.0. The first-order valence-electron chi connectivity index (χ1n) is 7.63. The molecule has 0 bridgehead atoms. The van der Waals surface area contributed by atoms with E-state index < -0.39 is 0 Å². The first-order chi connectivity index (χ1) is 10.4. The highest BCUT2D eigenvalue weighted by Gasteiger charge is 2.15. The third-order valence-corrected chi connectivity index (χ3v) is 3.68. The van der Waals surface area contributed by atoms with Gasteiger partial charge in [0, 0.05) is 5.69 Å². The molecule has 0 unspecified atom stereocenters. The molecule has 3 N–H and O–H groups in total. The zero-order valence-corrected chi connectivity index (χ0v) is 13.7. The van der Waals surface area contributed by atoms with Gasteiger partial charge in [-0.25, -0.2) is 0 Å². The van der Waals surface area contributed by atoms with E-state index in [0.717, 1.165) is 11.4 Å². The standard InChI is InChI=1S/C18H24N2O2/c1-13(16-6-5-11-22-16)19-12-17(21)20-15-9-7-14(8-10-15)18(2,3)4/h5-11,13,19H,12H2,1-4H3,(H,20,21)/p+1/t13-/m1/s1. The SMILES string of the molecule is C[C@@H]([NH2+]CC(=O)Nc1ccc(C(C)(C)C)cc1)c1ccco1. The predicted molar refractivity (Wildman–Crippen MR) is 87.7 cm³/mol. The summed E-state index contributed by atoms with van der Waals surface area (Å²) in [6.45, 7) is 8.90. The Hall–Kier alpha value is -2.07. The zero-order chi connectivity index (χ0) is 16.2. The Morgan fingerprint density at radius 3 is 2.45 bits per heavy atom. The third kappa shape index (κ3) is 4.46. The van der Waals surface area contributed by atoms with Gasteiger partial charge in [0.15, 0.2) is 12.3 Å². The maximum Gasteiger partial charge on any atom is 0.279 e. The molecule has 2 rings (SSSR count).